The van der Waals surface area contributed by atoms with E-state index < -0.39 is 0 Å². The van der Waals surface area contributed by atoms with Gasteiger partial charge >= 0.3 is 0 Å². The highest BCUT2D eigenvalue weighted by Gasteiger charge is 2.17. The third kappa shape index (κ3) is 4.22. The molecule has 25 heavy (non-hydrogen) atoms. The van der Waals surface area contributed by atoms with Gasteiger partial charge in [-0.1, -0.05) is 17.7 Å². The smallest absolute Gasteiger partial charge is 0.274 e. The van der Waals surface area contributed by atoms with Gasteiger partial charge in [-0.15, -0.1) is 0 Å². The molecule has 1 amide bonds. The number of hydrogen-bond donors (Lipinski definition) is 1. The fraction of sp³-hybridized carbons (Fsp3) is 0.222. The lowest BCUT2D eigenvalue weighted by atomic mass is 10.3. The lowest BCUT2D eigenvalue weighted by Crippen LogP contribution is -2.31. The number of nitrogens with one attached hydrogen (secondary N) is 1. The first-order valence-electron chi connectivity index (χ1n) is 7.79. The summed E-state index contributed by atoms with van der Waals surface area (Å²) < 4.78 is 11.1. The summed E-state index contributed by atoms with van der Waals surface area (Å²) in [6.45, 7) is 2.64. The molecule has 2 heterocycles. The van der Waals surface area contributed by atoms with Gasteiger partial charge in [0, 0.05) is 18.1 Å². The quantitative estimate of drug-likeness (QED) is 0.727. The fourth-order valence-corrected chi connectivity index (χ4v) is 2.47. The Morgan fingerprint density at radius 1 is 1.32 bits per heavy atom. The molecule has 0 saturated heterocycles. The molecule has 2 aromatic heterocycles. The van der Waals surface area contributed by atoms with E-state index in [2.05, 4.69) is 10.2 Å². The van der Waals surface area contributed by atoms with E-state index in [0.717, 1.165) is 5.76 Å². The van der Waals surface area contributed by atoms with Crippen LogP contribution in [0.2, 0.25) is 5.02 Å². The molecule has 0 spiro atoms. The summed E-state index contributed by atoms with van der Waals surface area (Å²) in [5.41, 5.74) is 0.995. The fourth-order valence-electron chi connectivity index (χ4n) is 2.29. The van der Waals surface area contributed by atoms with Crippen LogP contribution in [0.25, 0.3) is 11.5 Å². The maximum absolute atomic E-state index is 12.4. The maximum atomic E-state index is 12.4. The molecule has 130 valence electrons. The van der Waals surface area contributed by atoms with Crippen molar-refractivity contribution in [2.24, 2.45) is 0 Å². The lowest BCUT2D eigenvalue weighted by molar-refractivity contribution is 0.0768. The Labute approximate surface area is 150 Å². The summed E-state index contributed by atoms with van der Waals surface area (Å²) in [6, 6.07) is 12.5. The molecule has 7 heteroatoms. The van der Waals surface area contributed by atoms with Crippen molar-refractivity contribution in [1.82, 2.24) is 15.1 Å². The van der Waals surface area contributed by atoms with Crippen LogP contribution < -0.4 is 4.74 Å². The van der Waals surface area contributed by atoms with Crippen LogP contribution in [0, 0.1) is 6.92 Å². The number of aromatic nitrogens is 2. The molecule has 1 aromatic carbocycles. The predicted octanol–water partition coefficient (Wildman–Crippen LogP) is 3.78. The zero-order valence-electron chi connectivity index (χ0n) is 14.0. The Hall–Kier alpha value is -2.73. The van der Waals surface area contributed by atoms with E-state index in [1.54, 1.807) is 30.1 Å². The standard InChI is InChI=1S/C18H18ClN3O3/c1-12-6-7-17(25-12)15-11-16(21-20-15)18(23)22(2)8-9-24-14-5-3-4-13(19)10-14/h3-7,10-11H,8-9H2,1-2H3,(H,20,21). The van der Waals surface area contributed by atoms with Gasteiger partial charge in [-0.3, -0.25) is 9.89 Å². The summed E-state index contributed by atoms with van der Waals surface area (Å²) in [5.74, 6) is 1.92. The third-order valence-electron chi connectivity index (χ3n) is 3.64. The number of likely N-dealkylation sites (N-methyl/N-ethyl adjacent to an activating group) is 1. The van der Waals surface area contributed by atoms with Gasteiger partial charge in [0.1, 0.15) is 23.8 Å². The molecule has 0 aliphatic rings. The molecular formula is C18H18ClN3O3. The maximum Gasteiger partial charge on any atom is 0.274 e. The zero-order chi connectivity index (χ0) is 17.8. The molecular weight excluding hydrogens is 342 g/mol. The number of furan rings is 1. The number of carbonyl (C=O) groups excluding carboxylic acids is 1. The van der Waals surface area contributed by atoms with Crippen molar-refractivity contribution in [3.05, 3.63) is 58.9 Å². The minimum Gasteiger partial charge on any atom is -0.492 e. The van der Waals surface area contributed by atoms with Gasteiger partial charge in [-0.25, -0.2) is 0 Å². The molecule has 0 bridgehead atoms. The highest BCUT2D eigenvalue weighted by atomic mass is 35.5. The van der Waals surface area contributed by atoms with Gasteiger partial charge in [0.15, 0.2) is 11.5 Å². The Morgan fingerprint density at radius 3 is 2.88 bits per heavy atom. The molecule has 1 N–H and O–H groups in total. The average molecular weight is 360 g/mol. The van der Waals surface area contributed by atoms with E-state index in [1.807, 2.05) is 31.2 Å². The third-order valence-corrected chi connectivity index (χ3v) is 3.88. The number of carbonyl (C=O) groups is 1. The molecule has 3 rings (SSSR count). The number of ether oxygens (including phenoxy) is 1. The predicted molar refractivity (Wildman–Crippen MR) is 94.9 cm³/mol. The van der Waals surface area contributed by atoms with Crippen LogP contribution in [-0.2, 0) is 0 Å². The van der Waals surface area contributed by atoms with Crippen molar-refractivity contribution in [2.75, 3.05) is 20.2 Å². The highest BCUT2D eigenvalue weighted by molar-refractivity contribution is 6.30. The van der Waals surface area contributed by atoms with Crippen molar-refractivity contribution in [2.45, 2.75) is 6.92 Å². The monoisotopic (exact) mass is 359 g/mol. The van der Waals surface area contributed by atoms with Crippen molar-refractivity contribution in [1.29, 1.82) is 0 Å². The molecule has 0 aliphatic heterocycles. The molecule has 3 aromatic rings. The Morgan fingerprint density at radius 2 is 2.16 bits per heavy atom. The Bertz CT molecular complexity index is 872. The number of aryl methyl sites for hydroxylation is 1. The van der Waals surface area contributed by atoms with Crippen LogP contribution in [0.3, 0.4) is 0 Å². The molecule has 0 saturated carbocycles. The summed E-state index contributed by atoms with van der Waals surface area (Å²) >= 11 is 5.91. The first-order chi connectivity index (χ1) is 12.0. The molecule has 0 aliphatic carbocycles. The number of hydrogen-bond acceptors (Lipinski definition) is 4. The second-order valence-corrected chi connectivity index (χ2v) is 6.05. The Balaban J connectivity index is 1.56. The SMILES string of the molecule is Cc1ccc(-c2cc(C(=O)N(C)CCOc3cccc(Cl)c3)n[nH]2)o1. The molecule has 0 radical (unpaired) electrons. The Kier molecular flexibility index (Phi) is 5.09. The number of rotatable bonds is 6. The van der Waals surface area contributed by atoms with Gasteiger partial charge in [0.05, 0.1) is 6.54 Å². The van der Waals surface area contributed by atoms with Crippen LogP contribution in [0.15, 0.2) is 46.9 Å². The van der Waals surface area contributed by atoms with E-state index in [-0.39, 0.29) is 5.91 Å². The summed E-state index contributed by atoms with van der Waals surface area (Å²) in [5, 5.41) is 7.50. The summed E-state index contributed by atoms with van der Waals surface area (Å²) in [4.78, 5) is 14.0. The number of aromatic amines is 1. The van der Waals surface area contributed by atoms with E-state index in [1.165, 1.54) is 0 Å². The van der Waals surface area contributed by atoms with Crippen molar-refractivity contribution in [3.63, 3.8) is 0 Å². The van der Waals surface area contributed by atoms with Crippen molar-refractivity contribution < 1.29 is 13.9 Å². The molecule has 6 nitrogen and oxygen atoms in total. The minimum atomic E-state index is -0.194. The number of nitrogens with zero attached hydrogens (tertiary/aromatic N) is 2. The number of H-pyrrole nitrogens is 1. The second-order valence-electron chi connectivity index (χ2n) is 5.61. The zero-order valence-corrected chi connectivity index (χ0v) is 14.7. The van der Waals surface area contributed by atoms with E-state index in [0.29, 0.717) is 41.1 Å². The second kappa shape index (κ2) is 7.44. The van der Waals surface area contributed by atoms with Crippen molar-refractivity contribution >= 4 is 17.5 Å². The van der Waals surface area contributed by atoms with Gasteiger partial charge in [0.25, 0.3) is 5.91 Å². The molecule has 0 unspecified atom stereocenters. The van der Waals surface area contributed by atoms with Crippen LogP contribution in [0.4, 0.5) is 0 Å². The first-order valence-corrected chi connectivity index (χ1v) is 8.17. The normalized spacial score (nSPS) is 10.7. The number of amides is 1. The largest absolute Gasteiger partial charge is 0.492 e. The van der Waals surface area contributed by atoms with E-state index >= 15 is 0 Å². The number of halogens is 1. The average Bonchev–Trinajstić information content (AvgIpc) is 3.23. The van der Waals surface area contributed by atoms with Gasteiger partial charge in [-0.05, 0) is 37.3 Å². The van der Waals surface area contributed by atoms with Gasteiger partial charge < -0.3 is 14.1 Å². The van der Waals surface area contributed by atoms with Crippen LogP contribution >= 0.6 is 11.6 Å². The minimum absolute atomic E-state index is 0.194. The van der Waals surface area contributed by atoms with Crippen LogP contribution in [0.1, 0.15) is 16.2 Å². The van der Waals surface area contributed by atoms with E-state index in [9.17, 15) is 4.79 Å². The summed E-state index contributed by atoms with van der Waals surface area (Å²) in [7, 11) is 1.70. The van der Waals surface area contributed by atoms with E-state index in [4.69, 9.17) is 20.8 Å². The molecule has 0 fully saturated rings. The topological polar surface area (TPSA) is 71.4 Å². The highest BCUT2D eigenvalue weighted by Crippen LogP contribution is 2.21. The van der Waals surface area contributed by atoms with Crippen LogP contribution in [0.5, 0.6) is 5.75 Å². The molecule has 0 atom stereocenters. The lowest BCUT2D eigenvalue weighted by Gasteiger charge is -2.16. The van der Waals surface area contributed by atoms with Gasteiger partial charge in [0.2, 0.25) is 0 Å². The van der Waals surface area contributed by atoms with Crippen LogP contribution in [-0.4, -0.2) is 41.2 Å². The van der Waals surface area contributed by atoms with Crippen molar-refractivity contribution in [3.8, 4) is 17.2 Å². The summed E-state index contributed by atoms with van der Waals surface area (Å²) in [6.07, 6.45) is 0. The van der Waals surface area contributed by atoms with Gasteiger partial charge in [-0.2, -0.15) is 5.10 Å². The first kappa shape index (κ1) is 17.1. The number of benzene rings is 1.